The van der Waals surface area contributed by atoms with E-state index in [9.17, 15) is 9.59 Å². The highest BCUT2D eigenvalue weighted by Gasteiger charge is 2.17. The molecule has 1 aromatic rings. The second-order valence-electron chi connectivity index (χ2n) is 2.69. The van der Waals surface area contributed by atoms with Crippen molar-refractivity contribution in [3.63, 3.8) is 0 Å². The van der Waals surface area contributed by atoms with Crippen LogP contribution in [0.1, 0.15) is 21.0 Å². The Morgan fingerprint density at radius 1 is 1.53 bits per heavy atom. The average molecular weight is 209 g/mol. The third kappa shape index (κ3) is 2.61. The number of methoxy groups -OCH3 is 1. The maximum absolute atomic E-state index is 11.1. The molecule has 1 rings (SSSR count). The number of hydrogen-bond donors (Lipinski definition) is 2. The number of carbonyl (C=O) groups excluding carboxylic acids is 2. The molecule has 0 aromatic carbocycles. The normalized spacial score (nSPS) is 9.53. The Morgan fingerprint density at radius 2 is 2.20 bits per heavy atom. The van der Waals surface area contributed by atoms with Gasteiger partial charge in [-0.1, -0.05) is 0 Å². The van der Waals surface area contributed by atoms with Crippen molar-refractivity contribution in [1.29, 1.82) is 0 Å². The summed E-state index contributed by atoms with van der Waals surface area (Å²) in [7, 11) is -0.609. The number of carbonyl (C=O) groups is 2. The van der Waals surface area contributed by atoms with Gasteiger partial charge >= 0.3 is 13.1 Å². The van der Waals surface area contributed by atoms with Crippen molar-refractivity contribution >= 4 is 24.8 Å². The van der Waals surface area contributed by atoms with Crippen LogP contribution in [-0.2, 0) is 4.74 Å². The highest BCUT2D eigenvalue weighted by molar-refractivity contribution is 6.58. The maximum atomic E-state index is 11.1. The van der Waals surface area contributed by atoms with E-state index in [-0.39, 0.29) is 16.9 Å². The monoisotopic (exact) mass is 209 g/mol. The van der Waals surface area contributed by atoms with Crippen LogP contribution < -0.4 is 5.46 Å². The van der Waals surface area contributed by atoms with Gasteiger partial charge in [0.1, 0.15) is 11.4 Å². The summed E-state index contributed by atoms with van der Waals surface area (Å²) in [4.78, 5) is 25.2. The van der Waals surface area contributed by atoms with Gasteiger partial charge in [0.25, 0.3) is 0 Å². The molecular formula is C8H8BNO5. The van der Waals surface area contributed by atoms with E-state index in [1.54, 1.807) is 0 Å². The highest BCUT2D eigenvalue weighted by atomic mass is 16.5. The fourth-order valence-corrected chi connectivity index (χ4v) is 0.993. The maximum Gasteiger partial charge on any atom is 0.488 e. The van der Waals surface area contributed by atoms with Crippen LogP contribution in [0.15, 0.2) is 12.1 Å². The number of ether oxygens (including phenoxy) is 1. The Balaban J connectivity index is 3.22. The van der Waals surface area contributed by atoms with Gasteiger partial charge in [-0.2, -0.15) is 0 Å². The summed E-state index contributed by atoms with van der Waals surface area (Å²) in [6.07, 6.45) is 0.401. The molecule has 1 aromatic heterocycles. The molecule has 0 aliphatic heterocycles. The van der Waals surface area contributed by atoms with E-state index in [0.29, 0.717) is 6.29 Å². The first-order chi connectivity index (χ1) is 7.08. The molecule has 0 radical (unpaired) electrons. The molecule has 1 heterocycles. The van der Waals surface area contributed by atoms with Crippen molar-refractivity contribution in [2.24, 2.45) is 0 Å². The number of aromatic nitrogens is 1. The zero-order valence-electron chi connectivity index (χ0n) is 7.88. The van der Waals surface area contributed by atoms with Gasteiger partial charge in [-0.3, -0.25) is 4.79 Å². The van der Waals surface area contributed by atoms with E-state index in [4.69, 9.17) is 10.0 Å². The lowest BCUT2D eigenvalue weighted by Gasteiger charge is -2.03. The van der Waals surface area contributed by atoms with Crippen LogP contribution in [0.4, 0.5) is 0 Å². The molecule has 0 aliphatic rings. The van der Waals surface area contributed by atoms with Gasteiger partial charge in [0.15, 0.2) is 6.29 Å². The number of aldehydes is 1. The van der Waals surface area contributed by atoms with Crippen molar-refractivity contribution in [3.05, 3.63) is 23.5 Å². The van der Waals surface area contributed by atoms with E-state index < -0.39 is 13.1 Å². The summed E-state index contributed by atoms with van der Waals surface area (Å²) >= 11 is 0. The lowest BCUT2D eigenvalue weighted by molar-refractivity contribution is 0.0594. The minimum absolute atomic E-state index is 0.00694. The van der Waals surface area contributed by atoms with Crippen molar-refractivity contribution < 1.29 is 24.4 Å². The molecule has 15 heavy (non-hydrogen) atoms. The highest BCUT2D eigenvalue weighted by Crippen LogP contribution is 1.98. The SMILES string of the molecule is COC(=O)c1cc(B(O)O)cc(C=O)n1. The second-order valence-corrected chi connectivity index (χ2v) is 2.69. The van der Waals surface area contributed by atoms with Crippen LogP contribution in [0, 0.1) is 0 Å². The lowest BCUT2D eigenvalue weighted by atomic mass is 9.80. The van der Waals surface area contributed by atoms with E-state index in [1.807, 2.05) is 0 Å². The van der Waals surface area contributed by atoms with Gasteiger partial charge < -0.3 is 14.8 Å². The minimum Gasteiger partial charge on any atom is -0.464 e. The molecule has 2 N–H and O–H groups in total. The molecule has 0 bridgehead atoms. The zero-order valence-corrected chi connectivity index (χ0v) is 7.88. The summed E-state index contributed by atoms with van der Waals surface area (Å²) in [6, 6.07) is 2.31. The standard InChI is InChI=1S/C8H8BNO5/c1-15-8(12)7-3-5(9(13)14)2-6(4-11)10-7/h2-4,13-14H,1H3. The fraction of sp³-hybridized carbons (Fsp3) is 0.125. The molecule has 0 aliphatic carbocycles. The average Bonchev–Trinajstić information content (AvgIpc) is 2.27. The Kier molecular flexibility index (Phi) is 3.54. The topological polar surface area (TPSA) is 96.7 Å². The van der Waals surface area contributed by atoms with E-state index in [0.717, 1.165) is 13.2 Å². The first kappa shape index (κ1) is 11.4. The van der Waals surface area contributed by atoms with Gasteiger partial charge in [0.2, 0.25) is 0 Å². The molecule has 0 saturated carbocycles. The predicted molar refractivity (Wildman–Crippen MR) is 50.8 cm³/mol. The number of nitrogens with zero attached hydrogens (tertiary/aromatic N) is 1. The molecular weight excluding hydrogens is 201 g/mol. The van der Waals surface area contributed by atoms with E-state index in [2.05, 4.69) is 9.72 Å². The molecule has 0 unspecified atom stereocenters. The first-order valence-electron chi connectivity index (χ1n) is 4.00. The Hall–Kier alpha value is -1.73. The van der Waals surface area contributed by atoms with Crippen LogP contribution in [-0.4, -0.2) is 41.5 Å². The third-order valence-electron chi connectivity index (χ3n) is 1.68. The molecule has 7 heteroatoms. The molecule has 0 atom stereocenters. The fourth-order valence-electron chi connectivity index (χ4n) is 0.993. The number of pyridine rings is 1. The Labute approximate surface area is 85.7 Å². The predicted octanol–water partition coefficient (Wildman–Crippen LogP) is -1.64. The second kappa shape index (κ2) is 4.67. The van der Waals surface area contributed by atoms with Crippen molar-refractivity contribution in [1.82, 2.24) is 4.98 Å². The van der Waals surface area contributed by atoms with Crippen LogP contribution in [0.5, 0.6) is 0 Å². The number of rotatable bonds is 3. The third-order valence-corrected chi connectivity index (χ3v) is 1.68. The van der Waals surface area contributed by atoms with Gasteiger partial charge in [-0.25, -0.2) is 9.78 Å². The summed E-state index contributed by atoms with van der Waals surface area (Å²) in [6.45, 7) is 0. The first-order valence-corrected chi connectivity index (χ1v) is 4.00. The van der Waals surface area contributed by atoms with Crippen LogP contribution in [0.3, 0.4) is 0 Å². The van der Waals surface area contributed by atoms with Crippen molar-refractivity contribution in [2.45, 2.75) is 0 Å². The summed E-state index contributed by atoms with van der Waals surface area (Å²) in [5.74, 6) is -0.749. The Bertz CT molecular complexity index is 393. The minimum atomic E-state index is -1.77. The van der Waals surface area contributed by atoms with Crippen LogP contribution in [0.2, 0.25) is 0 Å². The molecule has 0 fully saturated rings. The molecule has 0 amide bonds. The molecule has 0 saturated heterocycles. The Morgan fingerprint density at radius 3 is 2.67 bits per heavy atom. The largest absolute Gasteiger partial charge is 0.488 e. The molecule has 78 valence electrons. The van der Waals surface area contributed by atoms with E-state index in [1.165, 1.54) is 6.07 Å². The van der Waals surface area contributed by atoms with Gasteiger partial charge in [0.05, 0.1) is 7.11 Å². The quantitative estimate of drug-likeness (QED) is 0.352. The van der Waals surface area contributed by atoms with Crippen LogP contribution >= 0.6 is 0 Å². The van der Waals surface area contributed by atoms with Gasteiger partial charge in [0, 0.05) is 0 Å². The van der Waals surface area contributed by atoms with Crippen molar-refractivity contribution in [2.75, 3.05) is 7.11 Å². The van der Waals surface area contributed by atoms with Crippen molar-refractivity contribution in [3.8, 4) is 0 Å². The summed E-state index contributed by atoms with van der Waals surface area (Å²) in [5, 5.41) is 17.8. The summed E-state index contributed by atoms with van der Waals surface area (Å²) < 4.78 is 4.39. The van der Waals surface area contributed by atoms with Crippen LogP contribution in [0.25, 0.3) is 0 Å². The molecule has 6 nitrogen and oxygen atoms in total. The number of hydrogen-bond acceptors (Lipinski definition) is 6. The zero-order chi connectivity index (χ0) is 11.4. The summed E-state index contributed by atoms with van der Waals surface area (Å²) in [5.41, 5.74) is -0.210. The molecule has 0 spiro atoms. The smallest absolute Gasteiger partial charge is 0.464 e. The number of esters is 1. The van der Waals surface area contributed by atoms with Gasteiger partial charge in [-0.15, -0.1) is 0 Å². The van der Waals surface area contributed by atoms with E-state index >= 15 is 0 Å². The van der Waals surface area contributed by atoms with Gasteiger partial charge in [-0.05, 0) is 17.6 Å². The lowest BCUT2D eigenvalue weighted by Crippen LogP contribution is -2.31.